The number of aromatic nitrogens is 2. The highest BCUT2D eigenvalue weighted by Gasteiger charge is 2.23. The first-order valence-corrected chi connectivity index (χ1v) is 12.4. The fourth-order valence-electron chi connectivity index (χ4n) is 3.36. The molecule has 1 aromatic heterocycles. The van der Waals surface area contributed by atoms with E-state index in [-0.39, 0.29) is 23.1 Å². The molecule has 0 radical (unpaired) electrons. The Morgan fingerprint density at radius 1 is 0.816 bits per heavy atom. The van der Waals surface area contributed by atoms with Crippen LogP contribution in [0, 0.1) is 17.0 Å². The smallest absolute Gasteiger partial charge is 0.338 e. The van der Waals surface area contributed by atoms with Crippen molar-refractivity contribution in [2.24, 2.45) is 0 Å². The Bertz CT molecular complexity index is 1260. The van der Waals surface area contributed by atoms with E-state index in [2.05, 4.69) is 20.6 Å². The number of anilines is 4. The van der Waals surface area contributed by atoms with Gasteiger partial charge in [0.2, 0.25) is 11.8 Å². The van der Waals surface area contributed by atoms with Crippen LogP contribution in [-0.4, -0.2) is 40.0 Å². The second-order valence-electron chi connectivity index (χ2n) is 8.47. The minimum absolute atomic E-state index is 0.0144. The van der Waals surface area contributed by atoms with E-state index in [0.29, 0.717) is 35.7 Å². The number of carbonyl (C=O) groups excluding carboxylic acids is 2. The minimum Gasteiger partial charge on any atom is -0.462 e. The molecule has 0 saturated carbocycles. The van der Waals surface area contributed by atoms with Crippen molar-refractivity contribution in [1.29, 1.82) is 0 Å². The molecule has 0 saturated heterocycles. The van der Waals surface area contributed by atoms with Crippen molar-refractivity contribution in [3.63, 3.8) is 0 Å². The lowest BCUT2D eigenvalue weighted by molar-refractivity contribution is -0.385. The molecule has 0 bridgehead atoms. The molecule has 3 rings (SSSR count). The Kier molecular flexibility index (Phi) is 10.1. The molecule has 200 valence electrons. The number of carbonyl (C=O) groups is 2. The minimum atomic E-state index is -0.556. The van der Waals surface area contributed by atoms with Crippen molar-refractivity contribution in [1.82, 2.24) is 9.97 Å². The number of aryl methyl sites for hydroxylation is 1. The van der Waals surface area contributed by atoms with Gasteiger partial charge in [-0.25, -0.2) is 14.6 Å². The molecule has 11 nitrogen and oxygen atoms in total. The number of hydrogen-bond donors (Lipinski definition) is 2. The van der Waals surface area contributed by atoms with E-state index in [0.717, 1.165) is 25.7 Å². The Morgan fingerprint density at radius 2 is 1.29 bits per heavy atom. The van der Waals surface area contributed by atoms with E-state index < -0.39 is 16.9 Å². The molecule has 38 heavy (non-hydrogen) atoms. The maximum Gasteiger partial charge on any atom is 0.338 e. The normalized spacial score (nSPS) is 10.5. The van der Waals surface area contributed by atoms with Gasteiger partial charge in [-0.2, -0.15) is 4.98 Å². The molecule has 0 fully saturated rings. The van der Waals surface area contributed by atoms with Crippen LogP contribution in [0.15, 0.2) is 48.5 Å². The van der Waals surface area contributed by atoms with Crippen LogP contribution in [0.3, 0.4) is 0 Å². The molecule has 0 aliphatic carbocycles. The first-order chi connectivity index (χ1) is 18.3. The predicted molar refractivity (Wildman–Crippen MR) is 143 cm³/mol. The second-order valence-corrected chi connectivity index (χ2v) is 8.47. The van der Waals surface area contributed by atoms with Crippen LogP contribution in [0.25, 0.3) is 0 Å². The molecule has 0 amide bonds. The van der Waals surface area contributed by atoms with Gasteiger partial charge in [-0.05, 0) is 68.3 Å². The van der Waals surface area contributed by atoms with E-state index in [9.17, 15) is 19.7 Å². The van der Waals surface area contributed by atoms with E-state index in [4.69, 9.17) is 9.47 Å². The van der Waals surface area contributed by atoms with E-state index in [1.165, 1.54) is 6.92 Å². The molecule has 0 spiro atoms. The monoisotopic (exact) mass is 521 g/mol. The van der Waals surface area contributed by atoms with Crippen LogP contribution >= 0.6 is 0 Å². The number of nitrogens with one attached hydrogen (secondary N) is 2. The third kappa shape index (κ3) is 7.73. The summed E-state index contributed by atoms with van der Waals surface area (Å²) >= 11 is 0. The van der Waals surface area contributed by atoms with Gasteiger partial charge < -0.3 is 20.1 Å². The van der Waals surface area contributed by atoms with E-state index in [1.807, 2.05) is 13.8 Å². The molecule has 2 aromatic carbocycles. The Labute approximate surface area is 220 Å². The summed E-state index contributed by atoms with van der Waals surface area (Å²) < 4.78 is 10.4. The van der Waals surface area contributed by atoms with Crippen LogP contribution in [-0.2, 0) is 9.47 Å². The SMILES string of the molecule is CCCCOC(=O)c1ccc(Nc2nc(C)c([N+](=O)[O-])c(Nc3ccc(C(=O)OCCCC)cc3)n2)cc1. The highest BCUT2D eigenvalue weighted by molar-refractivity contribution is 5.90. The van der Waals surface area contributed by atoms with Crippen LogP contribution in [0.4, 0.5) is 28.8 Å². The van der Waals surface area contributed by atoms with Gasteiger partial charge >= 0.3 is 17.6 Å². The lowest BCUT2D eigenvalue weighted by Gasteiger charge is -2.12. The molecule has 1 heterocycles. The standard InChI is InChI=1S/C27H31N5O6/c1-4-6-16-37-25(33)19-8-12-21(13-9-19)29-24-23(32(35)36)18(3)28-27(31-24)30-22-14-10-20(11-15-22)26(34)38-17-7-5-2/h8-15H,4-7,16-17H2,1-3H3,(H2,28,29,30,31). The molecule has 0 unspecified atom stereocenters. The van der Waals surface area contributed by atoms with Crippen molar-refractivity contribution in [2.45, 2.75) is 46.5 Å². The fraction of sp³-hybridized carbons (Fsp3) is 0.333. The lowest BCUT2D eigenvalue weighted by atomic mass is 10.2. The summed E-state index contributed by atoms with van der Waals surface area (Å²) in [5.41, 5.74) is 1.74. The van der Waals surface area contributed by atoms with E-state index in [1.54, 1.807) is 48.5 Å². The summed E-state index contributed by atoms with van der Waals surface area (Å²) in [6.07, 6.45) is 3.44. The highest BCUT2D eigenvalue weighted by Crippen LogP contribution is 2.30. The van der Waals surface area contributed by atoms with Crippen molar-refractivity contribution >= 4 is 40.8 Å². The number of unbranched alkanes of at least 4 members (excludes halogenated alkanes) is 2. The van der Waals surface area contributed by atoms with Gasteiger partial charge in [-0.1, -0.05) is 26.7 Å². The van der Waals surface area contributed by atoms with Crippen molar-refractivity contribution in [3.05, 3.63) is 75.5 Å². The summed E-state index contributed by atoms with van der Waals surface area (Å²) in [7, 11) is 0. The van der Waals surface area contributed by atoms with Gasteiger partial charge in [0, 0.05) is 11.4 Å². The van der Waals surface area contributed by atoms with Crippen LogP contribution in [0.1, 0.15) is 65.9 Å². The number of ether oxygens (including phenoxy) is 2. The molecule has 11 heteroatoms. The molecule has 0 aliphatic heterocycles. The highest BCUT2D eigenvalue weighted by atomic mass is 16.6. The third-order valence-electron chi connectivity index (χ3n) is 5.46. The number of rotatable bonds is 13. The van der Waals surface area contributed by atoms with Crippen LogP contribution in [0.5, 0.6) is 0 Å². The fourth-order valence-corrected chi connectivity index (χ4v) is 3.36. The maximum absolute atomic E-state index is 12.1. The molecule has 3 aromatic rings. The molecular formula is C27H31N5O6. The van der Waals surface area contributed by atoms with Crippen molar-refractivity contribution < 1.29 is 24.0 Å². The third-order valence-corrected chi connectivity index (χ3v) is 5.46. The Morgan fingerprint density at radius 3 is 1.74 bits per heavy atom. The first kappa shape index (κ1) is 28.0. The van der Waals surface area contributed by atoms with E-state index >= 15 is 0 Å². The second kappa shape index (κ2) is 13.7. The van der Waals surface area contributed by atoms with Gasteiger partial charge in [0.25, 0.3) is 0 Å². The van der Waals surface area contributed by atoms with Gasteiger partial charge in [0.15, 0.2) is 0 Å². The first-order valence-electron chi connectivity index (χ1n) is 12.4. The largest absolute Gasteiger partial charge is 0.462 e. The van der Waals surface area contributed by atoms with Crippen LogP contribution < -0.4 is 10.6 Å². The maximum atomic E-state index is 12.1. The molecule has 0 atom stereocenters. The summed E-state index contributed by atoms with van der Waals surface area (Å²) in [6, 6.07) is 12.9. The van der Waals surface area contributed by atoms with Crippen molar-refractivity contribution in [2.75, 3.05) is 23.8 Å². The summed E-state index contributed by atoms with van der Waals surface area (Å²) in [4.78, 5) is 43.9. The van der Waals surface area contributed by atoms with Gasteiger partial charge in [0.1, 0.15) is 5.69 Å². The predicted octanol–water partition coefficient (Wildman–Crippen LogP) is 6.09. The average molecular weight is 522 g/mol. The Balaban J connectivity index is 1.75. The summed E-state index contributed by atoms with van der Waals surface area (Å²) in [6.45, 7) is 6.25. The molecule has 0 aliphatic rings. The average Bonchev–Trinajstić information content (AvgIpc) is 2.89. The van der Waals surface area contributed by atoms with Crippen molar-refractivity contribution in [3.8, 4) is 0 Å². The topological polar surface area (TPSA) is 146 Å². The quantitative estimate of drug-likeness (QED) is 0.117. The molecule has 2 N–H and O–H groups in total. The molecular weight excluding hydrogens is 490 g/mol. The van der Waals surface area contributed by atoms with Gasteiger partial charge in [0.05, 0.1) is 29.3 Å². The zero-order valence-electron chi connectivity index (χ0n) is 21.7. The number of nitro groups is 1. The number of nitrogens with zero attached hydrogens (tertiary/aromatic N) is 3. The lowest BCUT2D eigenvalue weighted by Crippen LogP contribution is -2.08. The number of benzene rings is 2. The van der Waals surface area contributed by atoms with Gasteiger partial charge in [-0.15, -0.1) is 0 Å². The zero-order valence-corrected chi connectivity index (χ0v) is 21.7. The zero-order chi connectivity index (χ0) is 27.5. The van der Waals surface area contributed by atoms with Gasteiger partial charge in [-0.3, -0.25) is 10.1 Å². The Hall–Kier alpha value is -4.54. The van der Waals surface area contributed by atoms with Crippen LogP contribution in [0.2, 0.25) is 0 Å². The number of esters is 2. The summed E-state index contributed by atoms with van der Waals surface area (Å²) in [5, 5.41) is 17.7. The number of hydrogen-bond acceptors (Lipinski definition) is 10. The summed E-state index contributed by atoms with van der Waals surface area (Å²) in [5.74, 6) is -0.718.